The first-order valence-electron chi connectivity index (χ1n) is 10.6. The van der Waals surface area contributed by atoms with Crippen molar-refractivity contribution in [3.63, 3.8) is 0 Å². The highest BCUT2D eigenvalue weighted by molar-refractivity contribution is 6.51. The summed E-state index contributed by atoms with van der Waals surface area (Å²) in [5.41, 5.74) is 2.26. The summed E-state index contributed by atoms with van der Waals surface area (Å²) in [7, 11) is 4.52. The van der Waals surface area contributed by atoms with Gasteiger partial charge >= 0.3 is 0 Å². The van der Waals surface area contributed by atoms with Crippen molar-refractivity contribution in [3.05, 3.63) is 89.0 Å². The fourth-order valence-corrected chi connectivity index (χ4v) is 4.18. The number of carbonyl (C=O) groups is 2. The summed E-state index contributed by atoms with van der Waals surface area (Å²) in [6.45, 7) is 1.86. The second-order valence-corrected chi connectivity index (χ2v) is 7.80. The fraction of sp³-hybridized carbons (Fsp3) is 0.185. The normalized spacial score (nSPS) is 17.1. The van der Waals surface area contributed by atoms with Crippen LogP contribution < -0.4 is 19.1 Å². The Hall–Kier alpha value is -4.26. The molecule has 1 N–H and O–H groups in total. The lowest BCUT2D eigenvalue weighted by molar-refractivity contribution is -0.132. The number of hydrogen-bond donors (Lipinski definition) is 1. The number of aliphatic hydroxyl groups is 1. The molecule has 34 heavy (non-hydrogen) atoms. The van der Waals surface area contributed by atoms with Crippen LogP contribution in [0.3, 0.4) is 0 Å². The van der Waals surface area contributed by atoms with Crippen LogP contribution in [0.4, 0.5) is 5.69 Å². The molecule has 0 aliphatic carbocycles. The van der Waals surface area contributed by atoms with Crippen molar-refractivity contribution >= 4 is 23.1 Å². The lowest BCUT2D eigenvalue weighted by Crippen LogP contribution is -2.30. The molecule has 0 bridgehead atoms. The van der Waals surface area contributed by atoms with Gasteiger partial charge in [-0.3, -0.25) is 14.5 Å². The van der Waals surface area contributed by atoms with E-state index in [0.29, 0.717) is 28.5 Å². The molecular formula is C27H25NO6. The van der Waals surface area contributed by atoms with Crippen molar-refractivity contribution in [2.75, 3.05) is 26.2 Å². The summed E-state index contributed by atoms with van der Waals surface area (Å²) in [4.78, 5) is 28.1. The van der Waals surface area contributed by atoms with E-state index in [4.69, 9.17) is 14.2 Å². The molecule has 1 unspecified atom stereocenters. The van der Waals surface area contributed by atoms with Crippen LogP contribution >= 0.6 is 0 Å². The highest BCUT2D eigenvalue weighted by atomic mass is 16.5. The van der Waals surface area contributed by atoms with Gasteiger partial charge in [0, 0.05) is 11.8 Å². The maximum atomic E-state index is 13.4. The monoisotopic (exact) mass is 459 g/mol. The molecule has 1 amide bonds. The smallest absolute Gasteiger partial charge is 0.300 e. The molecule has 1 atom stereocenters. The van der Waals surface area contributed by atoms with Crippen LogP contribution in [0.15, 0.2) is 72.3 Å². The van der Waals surface area contributed by atoms with E-state index in [1.165, 1.54) is 19.1 Å². The molecule has 3 aromatic carbocycles. The van der Waals surface area contributed by atoms with Crippen molar-refractivity contribution in [1.29, 1.82) is 0 Å². The second-order valence-electron chi connectivity index (χ2n) is 7.80. The van der Waals surface area contributed by atoms with Crippen LogP contribution in [0.5, 0.6) is 17.2 Å². The molecule has 0 saturated carbocycles. The number of aryl methyl sites for hydroxylation is 1. The van der Waals surface area contributed by atoms with Gasteiger partial charge in [0.25, 0.3) is 11.7 Å². The molecule has 0 spiro atoms. The number of aliphatic hydroxyl groups excluding tert-OH is 1. The zero-order valence-electron chi connectivity index (χ0n) is 19.4. The number of methoxy groups -OCH3 is 3. The number of para-hydroxylation sites is 1. The summed E-state index contributed by atoms with van der Waals surface area (Å²) in [6.07, 6.45) is 0. The van der Waals surface area contributed by atoms with E-state index in [2.05, 4.69) is 0 Å². The first-order valence-corrected chi connectivity index (χ1v) is 10.6. The lowest BCUT2D eigenvalue weighted by atomic mass is 9.94. The second kappa shape index (κ2) is 9.31. The van der Waals surface area contributed by atoms with Crippen molar-refractivity contribution in [1.82, 2.24) is 0 Å². The Balaban J connectivity index is 1.99. The molecule has 174 valence electrons. The van der Waals surface area contributed by atoms with Crippen molar-refractivity contribution in [3.8, 4) is 17.2 Å². The fourth-order valence-electron chi connectivity index (χ4n) is 4.18. The number of ether oxygens (including phenoxy) is 3. The maximum Gasteiger partial charge on any atom is 0.300 e. The van der Waals surface area contributed by atoms with Gasteiger partial charge in [-0.2, -0.15) is 0 Å². The van der Waals surface area contributed by atoms with Gasteiger partial charge in [-0.25, -0.2) is 0 Å². The van der Waals surface area contributed by atoms with E-state index in [-0.39, 0.29) is 16.9 Å². The third-order valence-corrected chi connectivity index (χ3v) is 5.89. The number of ketones is 1. The quantitative estimate of drug-likeness (QED) is 0.328. The zero-order chi connectivity index (χ0) is 24.4. The minimum absolute atomic E-state index is 0.0371. The Morgan fingerprint density at radius 3 is 2.24 bits per heavy atom. The Bertz CT molecular complexity index is 1300. The highest BCUT2D eigenvalue weighted by Crippen LogP contribution is 2.44. The van der Waals surface area contributed by atoms with Gasteiger partial charge in [0.15, 0.2) is 0 Å². The SMILES string of the molecule is COc1cccc(C2/C(=C(/O)c3ccc(OC)cc3OC)C(=O)C(=O)N2c2ccccc2C)c1. The average Bonchev–Trinajstić information content (AvgIpc) is 3.13. The highest BCUT2D eigenvalue weighted by Gasteiger charge is 2.47. The van der Waals surface area contributed by atoms with Crippen molar-refractivity contribution < 1.29 is 28.9 Å². The lowest BCUT2D eigenvalue weighted by Gasteiger charge is -2.27. The number of hydrogen-bond acceptors (Lipinski definition) is 6. The molecule has 4 rings (SSSR count). The van der Waals surface area contributed by atoms with Gasteiger partial charge in [-0.1, -0.05) is 30.3 Å². The summed E-state index contributed by atoms with van der Waals surface area (Å²) in [5.74, 6) is -0.444. The molecule has 3 aromatic rings. The Morgan fingerprint density at radius 2 is 1.56 bits per heavy atom. The molecule has 7 nitrogen and oxygen atoms in total. The summed E-state index contributed by atoms with van der Waals surface area (Å²) in [5, 5.41) is 11.4. The van der Waals surface area contributed by atoms with E-state index in [1.54, 1.807) is 61.7 Å². The Labute approximate surface area is 197 Å². The molecule has 1 fully saturated rings. The van der Waals surface area contributed by atoms with E-state index >= 15 is 0 Å². The van der Waals surface area contributed by atoms with Gasteiger partial charge in [-0.05, 0) is 48.4 Å². The predicted molar refractivity (Wildman–Crippen MR) is 129 cm³/mol. The third kappa shape index (κ3) is 3.85. The van der Waals surface area contributed by atoms with Gasteiger partial charge < -0.3 is 19.3 Å². The van der Waals surface area contributed by atoms with E-state index in [1.807, 2.05) is 19.1 Å². The first-order chi connectivity index (χ1) is 16.4. The number of anilines is 1. The Kier molecular flexibility index (Phi) is 6.27. The van der Waals surface area contributed by atoms with Gasteiger partial charge in [0.05, 0.1) is 38.5 Å². The predicted octanol–water partition coefficient (Wildman–Crippen LogP) is 4.65. The van der Waals surface area contributed by atoms with Gasteiger partial charge in [-0.15, -0.1) is 0 Å². The Morgan fingerprint density at radius 1 is 0.853 bits per heavy atom. The standard InChI is InChI=1S/C27H25NO6/c1-16-8-5-6-11-21(16)28-24(17-9-7-10-18(14-17)32-2)23(26(30)27(28)31)25(29)20-13-12-19(33-3)15-22(20)34-4/h5-15,24,29H,1-4H3/b25-23-. The molecule has 7 heteroatoms. The minimum Gasteiger partial charge on any atom is -0.507 e. The van der Waals surface area contributed by atoms with E-state index in [0.717, 1.165) is 5.56 Å². The molecule has 0 aromatic heterocycles. The van der Waals surface area contributed by atoms with Crippen LogP contribution in [0.25, 0.3) is 5.76 Å². The summed E-state index contributed by atoms with van der Waals surface area (Å²) in [6, 6.07) is 18.4. The molecular weight excluding hydrogens is 434 g/mol. The summed E-state index contributed by atoms with van der Waals surface area (Å²) >= 11 is 0. The maximum absolute atomic E-state index is 13.4. The topological polar surface area (TPSA) is 85.3 Å². The number of rotatable bonds is 6. The number of amides is 1. The van der Waals surface area contributed by atoms with Crippen molar-refractivity contribution in [2.24, 2.45) is 0 Å². The van der Waals surface area contributed by atoms with Crippen molar-refractivity contribution in [2.45, 2.75) is 13.0 Å². The third-order valence-electron chi connectivity index (χ3n) is 5.89. The molecule has 1 saturated heterocycles. The minimum atomic E-state index is -0.872. The largest absolute Gasteiger partial charge is 0.507 e. The number of carbonyl (C=O) groups excluding carboxylic acids is 2. The number of nitrogens with zero attached hydrogens (tertiary/aromatic N) is 1. The molecule has 1 aliphatic rings. The molecule has 1 heterocycles. The van der Waals surface area contributed by atoms with Gasteiger partial charge in [0.1, 0.15) is 23.0 Å². The number of benzene rings is 3. The first kappa shape index (κ1) is 22.9. The van der Waals surface area contributed by atoms with Crippen LogP contribution in [0.1, 0.15) is 22.7 Å². The van der Waals surface area contributed by atoms with Crippen LogP contribution in [-0.2, 0) is 9.59 Å². The number of Topliss-reactive ketones (excluding diaryl/α,β-unsaturated/α-hetero) is 1. The molecule has 0 radical (unpaired) electrons. The van der Waals surface area contributed by atoms with Crippen LogP contribution in [0, 0.1) is 6.92 Å². The van der Waals surface area contributed by atoms with E-state index in [9.17, 15) is 14.7 Å². The van der Waals surface area contributed by atoms with E-state index < -0.39 is 17.7 Å². The zero-order valence-corrected chi connectivity index (χ0v) is 19.4. The van der Waals surface area contributed by atoms with Crippen LogP contribution in [-0.4, -0.2) is 38.1 Å². The average molecular weight is 459 g/mol. The van der Waals surface area contributed by atoms with Gasteiger partial charge in [0.2, 0.25) is 0 Å². The molecule has 1 aliphatic heterocycles. The summed E-state index contributed by atoms with van der Waals surface area (Å²) < 4.78 is 16.0. The van der Waals surface area contributed by atoms with Crippen LogP contribution in [0.2, 0.25) is 0 Å².